The fraction of sp³-hybridized carbons (Fsp3) is 0.529. The van der Waals surface area contributed by atoms with Gasteiger partial charge in [0.15, 0.2) is 0 Å². The minimum absolute atomic E-state index is 0.0361. The molecular formula is C17H20O5. The summed E-state index contributed by atoms with van der Waals surface area (Å²) in [6.45, 7) is 3.98. The Morgan fingerprint density at radius 3 is 2.82 bits per heavy atom. The number of phenolic OH excluding ortho intramolecular Hbond substituents is 1. The second-order valence-electron chi connectivity index (χ2n) is 6.80. The van der Waals surface area contributed by atoms with Crippen LogP contribution in [0.3, 0.4) is 0 Å². The molecule has 118 valence electrons. The number of carboxylic acids is 1. The van der Waals surface area contributed by atoms with Crippen LogP contribution in [0, 0.1) is 5.92 Å². The number of aliphatic carboxylic acids is 1. The number of carbonyl (C=O) groups is 2. The lowest BCUT2D eigenvalue weighted by Gasteiger charge is -2.47. The molecule has 0 amide bonds. The van der Waals surface area contributed by atoms with E-state index in [0.717, 1.165) is 6.42 Å². The van der Waals surface area contributed by atoms with Gasteiger partial charge in [-0.2, -0.15) is 0 Å². The minimum Gasteiger partial charge on any atom is -0.508 e. The fourth-order valence-electron chi connectivity index (χ4n) is 3.90. The Hall–Kier alpha value is -2.04. The molecule has 1 aromatic rings. The molecule has 22 heavy (non-hydrogen) atoms. The van der Waals surface area contributed by atoms with Crippen molar-refractivity contribution in [3.05, 3.63) is 23.3 Å². The van der Waals surface area contributed by atoms with E-state index < -0.39 is 11.6 Å². The Labute approximate surface area is 128 Å². The van der Waals surface area contributed by atoms with E-state index in [2.05, 4.69) is 0 Å². The first-order valence-electron chi connectivity index (χ1n) is 7.56. The van der Waals surface area contributed by atoms with Gasteiger partial charge in [-0.1, -0.05) is 0 Å². The number of fused-ring (bicyclic) bond motifs is 3. The topological polar surface area (TPSA) is 83.8 Å². The van der Waals surface area contributed by atoms with Crippen molar-refractivity contribution in [3.8, 4) is 11.5 Å². The lowest BCUT2D eigenvalue weighted by Crippen LogP contribution is -2.47. The van der Waals surface area contributed by atoms with Crippen LogP contribution >= 0.6 is 0 Å². The summed E-state index contributed by atoms with van der Waals surface area (Å²) < 4.78 is 6.06. The average molecular weight is 304 g/mol. The van der Waals surface area contributed by atoms with Crippen molar-refractivity contribution < 1.29 is 24.5 Å². The molecule has 1 aliphatic carbocycles. The molecule has 5 heteroatoms. The molecule has 1 fully saturated rings. The number of Topliss-reactive ketones (excluding diaryl/α,β-unsaturated/α-hetero) is 1. The van der Waals surface area contributed by atoms with Gasteiger partial charge in [-0.3, -0.25) is 9.59 Å². The van der Waals surface area contributed by atoms with Crippen LogP contribution < -0.4 is 4.74 Å². The number of aromatic hydroxyl groups is 1. The number of benzene rings is 1. The second-order valence-corrected chi connectivity index (χ2v) is 6.80. The van der Waals surface area contributed by atoms with Crippen molar-refractivity contribution in [2.24, 2.45) is 5.92 Å². The van der Waals surface area contributed by atoms with Crippen LogP contribution in [0.4, 0.5) is 0 Å². The third-order valence-electron chi connectivity index (χ3n) is 4.84. The summed E-state index contributed by atoms with van der Waals surface area (Å²) >= 11 is 0. The number of rotatable bonds is 2. The smallest absolute Gasteiger partial charge is 0.307 e. The van der Waals surface area contributed by atoms with Crippen LogP contribution in [0.5, 0.6) is 11.5 Å². The SMILES string of the molecule is CC1(C)Oc2cc(CC(=O)O)cc(O)c2[C@@H]2CC(=O)CC[C@H]21. The van der Waals surface area contributed by atoms with E-state index in [0.29, 0.717) is 29.7 Å². The van der Waals surface area contributed by atoms with E-state index >= 15 is 0 Å². The van der Waals surface area contributed by atoms with Crippen LogP contribution in [-0.2, 0) is 16.0 Å². The second kappa shape index (κ2) is 5.00. The van der Waals surface area contributed by atoms with Crippen molar-refractivity contribution in [1.29, 1.82) is 0 Å². The maximum Gasteiger partial charge on any atom is 0.307 e. The highest BCUT2D eigenvalue weighted by Crippen LogP contribution is 2.53. The van der Waals surface area contributed by atoms with Gasteiger partial charge in [0, 0.05) is 30.2 Å². The first-order chi connectivity index (χ1) is 10.3. The number of carboxylic acid groups (broad SMARTS) is 1. The minimum atomic E-state index is -0.958. The number of ether oxygens (including phenoxy) is 1. The van der Waals surface area contributed by atoms with Crippen molar-refractivity contribution >= 4 is 11.8 Å². The highest BCUT2D eigenvalue weighted by Gasteiger charge is 2.47. The van der Waals surface area contributed by atoms with Crippen molar-refractivity contribution in [2.75, 3.05) is 0 Å². The van der Waals surface area contributed by atoms with Gasteiger partial charge in [0.05, 0.1) is 6.42 Å². The zero-order valence-corrected chi connectivity index (χ0v) is 12.8. The highest BCUT2D eigenvalue weighted by molar-refractivity contribution is 5.81. The van der Waals surface area contributed by atoms with Gasteiger partial charge in [0.1, 0.15) is 22.9 Å². The Bertz CT molecular complexity index is 647. The Morgan fingerprint density at radius 1 is 1.41 bits per heavy atom. The van der Waals surface area contributed by atoms with E-state index in [1.54, 1.807) is 6.07 Å². The molecule has 3 rings (SSSR count). The molecule has 0 unspecified atom stereocenters. The quantitative estimate of drug-likeness (QED) is 0.877. The van der Waals surface area contributed by atoms with Crippen molar-refractivity contribution in [3.63, 3.8) is 0 Å². The van der Waals surface area contributed by atoms with Gasteiger partial charge in [0.2, 0.25) is 0 Å². The molecule has 2 N–H and O–H groups in total. The molecule has 1 heterocycles. The first-order valence-corrected chi connectivity index (χ1v) is 7.56. The standard InChI is InChI=1S/C17H20O5/c1-17(2)12-4-3-10(18)8-11(12)16-13(19)5-9(7-15(20)21)6-14(16)22-17/h5-6,11-12,19H,3-4,7-8H2,1-2H3,(H,20,21)/t11-,12-/m1/s1. The van der Waals surface area contributed by atoms with E-state index in [-0.39, 0.29) is 29.8 Å². The number of carbonyl (C=O) groups excluding carboxylic acids is 1. The van der Waals surface area contributed by atoms with E-state index in [1.165, 1.54) is 6.07 Å². The fourth-order valence-corrected chi connectivity index (χ4v) is 3.90. The summed E-state index contributed by atoms with van der Waals surface area (Å²) in [5, 5.41) is 19.3. The van der Waals surface area contributed by atoms with Gasteiger partial charge < -0.3 is 14.9 Å². The molecule has 1 saturated carbocycles. The van der Waals surface area contributed by atoms with Crippen LogP contribution in [-0.4, -0.2) is 27.6 Å². The molecule has 1 aromatic carbocycles. The van der Waals surface area contributed by atoms with Gasteiger partial charge in [0.25, 0.3) is 0 Å². The summed E-state index contributed by atoms with van der Waals surface area (Å²) in [5.74, 6) is -0.0852. The van der Waals surface area contributed by atoms with Gasteiger partial charge >= 0.3 is 5.97 Å². The number of hydrogen-bond donors (Lipinski definition) is 2. The van der Waals surface area contributed by atoms with Crippen LogP contribution in [0.1, 0.15) is 50.2 Å². The van der Waals surface area contributed by atoms with Crippen LogP contribution in [0.25, 0.3) is 0 Å². The number of ketones is 1. The van der Waals surface area contributed by atoms with E-state index in [4.69, 9.17) is 9.84 Å². The van der Waals surface area contributed by atoms with E-state index in [1.807, 2.05) is 13.8 Å². The molecule has 0 bridgehead atoms. The third-order valence-corrected chi connectivity index (χ3v) is 4.84. The maximum atomic E-state index is 11.9. The molecule has 0 radical (unpaired) electrons. The molecule has 0 spiro atoms. The summed E-state index contributed by atoms with van der Waals surface area (Å²) in [6, 6.07) is 3.16. The van der Waals surface area contributed by atoms with Crippen LogP contribution in [0.15, 0.2) is 12.1 Å². The zero-order valence-electron chi connectivity index (χ0n) is 12.8. The van der Waals surface area contributed by atoms with Gasteiger partial charge in [-0.15, -0.1) is 0 Å². The van der Waals surface area contributed by atoms with Gasteiger partial charge in [-0.25, -0.2) is 0 Å². The molecule has 2 atom stereocenters. The summed E-state index contributed by atoms with van der Waals surface area (Å²) in [6.07, 6.45) is 1.56. The lowest BCUT2D eigenvalue weighted by atomic mass is 9.66. The zero-order chi connectivity index (χ0) is 16.1. The predicted octanol–water partition coefficient (Wildman–Crippen LogP) is 2.64. The molecule has 0 saturated heterocycles. The van der Waals surface area contributed by atoms with Crippen LogP contribution in [0.2, 0.25) is 0 Å². The Balaban J connectivity index is 2.08. The molecule has 1 aliphatic heterocycles. The Morgan fingerprint density at radius 2 is 2.14 bits per heavy atom. The average Bonchev–Trinajstić information content (AvgIpc) is 2.35. The van der Waals surface area contributed by atoms with Crippen molar-refractivity contribution in [1.82, 2.24) is 0 Å². The molecule has 0 aromatic heterocycles. The summed E-state index contributed by atoms with van der Waals surface area (Å²) in [4.78, 5) is 22.7. The maximum absolute atomic E-state index is 11.9. The molecule has 5 nitrogen and oxygen atoms in total. The monoisotopic (exact) mass is 304 g/mol. The predicted molar refractivity (Wildman–Crippen MR) is 79.2 cm³/mol. The largest absolute Gasteiger partial charge is 0.508 e. The normalized spacial score (nSPS) is 25.8. The number of hydrogen-bond acceptors (Lipinski definition) is 4. The molecular weight excluding hydrogens is 284 g/mol. The Kier molecular flexibility index (Phi) is 3.38. The van der Waals surface area contributed by atoms with Crippen molar-refractivity contribution in [2.45, 2.75) is 51.0 Å². The first kappa shape index (κ1) is 14.9. The summed E-state index contributed by atoms with van der Waals surface area (Å²) in [5.41, 5.74) is 0.721. The molecule has 2 aliphatic rings. The summed E-state index contributed by atoms with van der Waals surface area (Å²) in [7, 11) is 0. The highest BCUT2D eigenvalue weighted by atomic mass is 16.5. The third kappa shape index (κ3) is 2.45. The van der Waals surface area contributed by atoms with E-state index in [9.17, 15) is 14.7 Å². The lowest BCUT2D eigenvalue weighted by molar-refractivity contribution is -0.136. The number of phenols is 1. The van der Waals surface area contributed by atoms with Gasteiger partial charge in [-0.05, 0) is 38.0 Å².